The van der Waals surface area contributed by atoms with Crippen molar-refractivity contribution in [1.82, 2.24) is 20.4 Å². The van der Waals surface area contributed by atoms with Crippen molar-refractivity contribution in [3.63, 3.8) is 0 Å². The van der Waals surface area contributed by atoms with E-state index < -0.39 is 0 Å². The molecule has 6 nitrogen and oxygen atoms in total. The van der Waals surface area contributed by atoms with Gasteiger partial charge in [-0.1, -0.05) is 47.0 Å². The third-order valence-corrected chi connectivity index (χ3v) is 8.34. The lowest BCUT2D eigenvalue weighted by Gasteiger charge is -2.26. The van der Waals surface area contributed by atoms with Gasteiger partial charge in [-0.15, -0.1) is 10.5 Å². The molecule has 1 aromatic rings. The molecule has 0 bridgehead atoms. The zero-order chi connectivity index (χ0) is 16.7. The number of carbonyl (C=O) groups excluding carboxylic acids is 1. The second-order valence-corrected chi connectivity index (χ2v) is 9.20. The Morgan fingerprint density at radius 2 is 1.75 bits per heavy atom. The molecule has 0 aliphatic carbocycles. The zero-order valence-electron chi connectivity index (χ0n) is 12.7. The summed E-state index contributed by atoms with van der Waals surface area (Å²) in [6.07, 6.45) is 0. The number of aromatic amines is 1. The summed E-state index contributed by atoms with van der Waals surface area (Å²) in [5, 5.41) is 13.1. The van der Waals surface area contributed by atoms with Crippen LogP contribution in [0.4, 0.5) is 4.79 Å². The molecule has 4 rings (SSSR count). The second kappa shape index (κ2) is 6.51. The number of rotatable bonds is 2. The maximum atomic E-state index is 11.7. The van der Waals surface area contributed by atoms with Crippen LogP contribution < -0.4 is 5.43 Å². The minimum absolute atomic E-state index is 0.257. The maximum Gasteiger partial charge on any atom is 0.360 e. The van der Waals surface area contributed by atoms with Crippen LogP contribution in [0.5, 0.6) is 0 Å². The van der Waals surface area contributed by atoms with Gasteiger partial charge in [0.05, 0.1) is 19.9 Å². The fourth-order valence-corrected chi connectivity index (χ4v) is 6.59. The second-order valence-electron chi connectivity index (χ2n) is 4.92. The third-order valence-electron chi connectivity index (χ3n) is 3.28. The molecule has 123 valence electrons. The van der Waals surface area contributed by atoms with Crippen molar-refractivity contribution in [3.05, 3.63) is 48.2 Å². The summed E-state index contributed by atoms with van der Waals surface area (Å²) in [4.78, 5) is 16.2. The number of amidine groups is 1. The smallest absolute Gasteiger partial charge is 0.351 e. The molecule has 0 saturated carbocycles. The van der Waals surface area contributed by atoms with Crippen LogP contribution in [0, 0.1) is 0 Å². The standard InChI is InChI=1S/C14H12N5OS4/c1-18-14(20)19(2)17-11(16-18)9-4-3-8(15-9)10-7-23-13(24-10)12-21-5-6-22-12/h3-7,15H,1-2H3. The summed E-state index contributed by atoms with van der Waals surface area (Å²) < 4.78 is 2.64. The van der Waals surface area contributed by atoms with Gasteiger partial charge in [-0.25, -0.2) is 14.8 Å². The van der Waals surface area contributed by atoms with E-state index in [1.807, 2.05) is 12.1 Å². The Labute approximate surface area is 156 Å². The van der Waals surface area contributed by atoms with Gasteiger partial charge in [0.1, 0.15) is 0 Å². The largest absolute Gasteiger partial charge is 0.360 e. The van der Waals surface area contributed by atoms with E-state index in [0.717, 1.165) is 11.4 Å². The molecule has 0 fully saturated rings. The first-order chi connectivity index (χ1) is 11.6. The van der Waals surface area contributed by atoms with E-state index in [1.165, 1.54) is 23.4 Å². The van der Waals surface area contributed by atoms with Gasteiger partial charge >= 0.3 is 6.03 Å². The molecule has 1 aromatic heterocycles. The molecule has 3 aliphatic rings. The Bertz CT molecular complexity index is 815. The summed E-state index contributed by atoms with van der Waals surface area (Å²) >= 11 is 7.05. The van der Waals surface area contributed by atoms with Gasteiger partial charge in [-0.05, 0) is 28.4 Å². The van der Waals surface area contributed by atoms with Crippen molar-refractivity contribution in [2.75, 3.05) is 14.1 Å². The van der Waals surface area contributed by atoms with E-state index in [0.29, 0.717) is 5.84 Å². The normalized spacial score (nSPS) is 20.7. The van der Waals surface area contributed by atoms with Crippen LogP contribution in [0.15, 0.2) is 41.9 Å². The number of amides is 2. The number of nitrogens with one attached hydrogen (secondary N) is 1. The molecule has 0 saturated heterocycles. The number of aromatic nitrogens is 1. The van der Waals surface area contributed by atoms with Crippen molar-refractivity contribution in [2.24, 2.45) is 5.10 Å². The lowest BCUT2D eigenvalue weighted by atomic mass is 10.4. The SMILES string of the molecule is CN1[N]C(c2ccc(C3=CSC(=C4SC=CS4)S3)[nH]2)=NN(C)C1=O. The van der Waals surface area contributed by atoms with Crippen LogP contribution in [0.2, 0.25) is 0 Å². The average molecular weight is 395 g/mol. The van der Waals surface area contributed by atoms with Gasteiger partial charge in [-0.2, -0.15) is 0 Å². The lowest BCUT2D eigenvalue weighted by molar-refractivity contribution is 0.155. The topological polar surface area (TPSA) is 65.8 Å². The highest BCUT2D eigenvalue weighted by molar-refractivity contribution is 8.35. The molecule has 0 unspecified atom stereocenters. The van der Waals surface area contributed by atoms with E-state index >= 15 is 0 Å². The molecule has 3 aliphatic heterocycles. The van der Waals surface area contributed by atoms with E-state index in [-0.39, 0.29) is 6.03 Å². The number of hydrazone groups is 1. The van der Waals surface area contributed by atoms with Gasteiger partial charge in [0, 0.05) is 19.0 Å². The first-order valence-corrected chi connectivity index (χ1v) is 10.4. The van der Waals surface area contributed by atoms with Crippen molar-refractivity contribution in [3.8, 4) is 0 Å². The Balaban J connectivity index is 1.53. The first kappa shape index (κ1) is 16.1. The molecular formula is C14H12N5OS4. The summed E-state index contributed by atoms with van der Waals surface area (Å²) in [6, 6.07) is 3.70. The number of nitrogens with zero attached hydrogens (tertiary/aromatic N) is 4. The third kappa shape index (κ3) is 2.99. The van der Waals surface area contributed by atoms with Gasteiger partial charge in [-0.3, -0.25) is 0 Å². The Kier molecular flexibility index (Phi) is 4.37. The van der Waals surface area contributed by atoms with E-state index in [2.05, 4.69) is 31.7 Å². The number of carbonyl (C=O) groups is 1. The van der Waals surface area contributed by atoms with Gasteiger partial charge in [0.15, 0.2) is 0 Å². The quantitative estimate of drug-likeness (QED) is 0.820. The van der Waals surface area contributed by atoms with Crippen LogP contribution >= 0.6 is 47.0 Å². The first-order valence-electron chi connectivity index (χ1n) is 6.90. The van der Waals surface area contributed by atoms with Crippen LogP contribution in [0.3, 0.4) is 0 Å². The highest BCUT2D eigenvalue weighted by Crippen LogP contribution is 2.55. The maximum absolute atomic E-state index is 11.7. The minimum atomic E-state index is -0.257. The van der Waals surface area contributed by atoms with Gasteiger partial charge < -0.3 is 4.98 Å². The number of hydrogen-bond donors (Lipinski definition) is 1. The van der Waals surface area contributed by atoms with Crippen LogP contribution in [0.25, 0.3) is 4.91 Å². The number of urea groups is 1. The van der Waals surface area contributed by atoms with Crippen LogP contribution in [-0.4, -0.2) is 41.0 Å². The highest BCUT2D eigenvalue weighted by atomic mass is 32.2. The van der Waals surface area contributed by atoms with Crippen molar-refractivity contribution < 1.29 is 4.79 Å². The molecule has 1 N–H and O–H groups in total. The molecule has 2 amide bonds. The van der Waals surface area contributed by atoms with Crippen molar-refractivity contribution in [2.45, 2.75) is 0 Å². The van der Waals surface area contributed by atoms with Crippen molar-refractivity contribution in [1.29, 1.82) is 0 Å². The highest BCUT2D eigenvalue weighted by Gasteiger charge is 2.26. The predicted molar refractivity (Wildman–Crippen MR) is 105 cm³/mol. The summed E-state index contributed by atoms with van der Waals surface area (Å²) in [5.41, 5.74) is 6.02. The number of thioether (sulfide) groups is 4. The minimum Gasteiger partial charge on any atom is -0.351 e. The van der Waals surface area contributed by atoms with Gasteiger partial charge in [0.25, 0.3) is 0 Å². The molecule has 0 spiro atoms. The fraction of sp³-hybridized carbons (Fsp3) is 0.143. The zero-order valence-corrected chi connectivity index (χ0v) is 16.0. The van der Waals surface area contributed by atoms with E-state index in [1.54, 1.807) is 61.1 Å². The Hall–Kier alpha value is -1.36. The van der Waals surface area contributed by atoms with Crippen LogP contribution in [-0.2, 0) is 0 Å². The molecule has 0 aromatic carbocycles. The average Bonchev–Trinajstić information content (AvgIpc) is 3.31. The van der Waals surface area contributed by atoms with Crippen LogP contribution in [0.1, 0.15) is 11.4 Å². The van der Waals surface area contributed by atoms with E-state index in [9.17, 15) is 4.79 Å². The number of H-pyrrole nitrogens is 1. The summed E-state index contributed by atoms with van der Waals surface area (Å²) in [7, 11) is 3.24. The van der Waals surface area contributed by atoms with E-state index in [4.69, 9.17) is 0 Å². The monoisotopic (exact) mass is 394 g/mol. The fourth-order valence-electron chi connectivity index (χ4n) is 2.14. The predicted octanol–water partition coefficient (Wildman–Crippen LogP) is 4.05. The summed E-state index contributed by atoms with van der Waals surface area (Å²) in [6.45, 7) is 0. The molecule has 10 heteroatoms. The van der Waals surface area contributed by atoms with Gasteiger partial charge in [0.2, 0.25) is 5.84 Å². The molecule has 1 radical (unpaired) electrons. The number of hydrogen-bond acceptors (Lipinski definition) is 6. The molecular weight excluding hydrogens is 382 g/mol. The Morgan fingerprint density at radius 3 is 2.50 bits per heavy atom. The Morgan fingerprint density at radius 1 is 1.00 bits per heavy atom. The molecule has 4 heterocycles. The molecule has 0 atom stereocenters. The lowest BCUT2D eigenvalue weighted by Crippen LogP contribution is -2.48. The summed E-state index contributed by atoms with van der Waals surface area (Å²) in [5.74, 6) is 0.492. The molecule has 24 heavy (non-hydrogen) atoms. The van der Waals surface area contributed by atoms with Crippen molar-refractivity contribution >= 4 is 63.8 Å².